The molecule has 3 aromatic heterocycles. The molecule has 0 unspecified atom stereocenters. The third-order valence-corrected chi connectivity index (χ3v) is 4.30. The van der Waals surface area contributed by atoms with Crippen LogP contribution in [0.15, 0.2) is 47.2 Å². The van der Waals surface area contributed by atoms with Crippen LogP contribution in [-0.2, 0) is 0 Å². The highest BCUT2D eigenvalue weighted by Crippen LogP contribution is 2.36. The molecule has 4 aromatic rings. The summed E-state index contributed by atoms with van der Waals surface area (Å²) in [6.45, 7) is 3.95. The fourth-order valence-electron chi connectivity index (χ4n) is 2.52. The number of nitrogens with zero attached hydrogens (tertiary/aromatic N) is 3. The number of imidazole rings is 1. The Balaban J connectivity index is 1.91. The quantitative estimate of drug-likeness (QED) is 0.552. The van der Waals surface area contributed by atoms with Crippen molar-refractivity contribution in [2.24, 2.45) is 0 Å². The van der Waals surface area contributed by atoms with E-state index in [-0.39, 0.29) is 0 Å². The number of hydrogen-bond acceptors (Lipinski definition) is 4. The monoisotopic (exact) mass is 295 g/mol. The molecule has 0 spiro atoms. The third-order valence-electron chi connectivity index (χ3n) is 3.46. The lowest BCUT2D eigenvalue weighted by Gasteiger charge is -2.01. The van der Waals surface area contributed by atoms with E-state index in [1.165, 1.54) is 0 Å². The first-order chi connectivity index (χ1) is 10.2. The lowest BCUT2D eigenvalue weighted by atomic mass is 10.0. The van der Waals surface area contributed by atoms with Gasteiger partial charge in [0.2, 0.25) is 4.96 Å². The molecule has 0 N–H and O–H groups in total. The third kappa shape index (κ3) is 1.97. The summed E-state index contributed by atoms with van der Waals surface area (Å²) in [5.74, 6) is 0.872. The van der Waals surface area contributed by atoms with Gasteiger partial charge in [0.1, 0.15) is 10.8 Å². The summed E-state index contributed by atoms with van der Waals surface area (Å²) < 4.78 is 7.46. The molecular weight excluding hydrogens is 282 g/mol. The number of aromatic nitrogens is 3. The summed E-state index contributed by atoms with van der Waals surface area (Å²) in [7, 11) is 0. The summed E-state index contributed by atoms with van der Waals surface area (Å²) in [5, 5.41) is 5.43. The normalized spacial score (nSPS) is 11.3. The Labute approximate surface area is 125 Å². The van der Waals surface area contributed by atoms with Gasteiger partial charge in [0.15, 0.2) is 0 Å². The molecule has 3 heterocycles. The van der Waals surface area contributed by atoms with Gasteiger partial charge < -0.3 is 4.42 Å². The van der Waals surface area contributed by atoms with Crippen molar-refractivity contribution in [3.05, 3.63) is 53.6 Å². The Morgan fingerprint density at radius 1 is 1.14 bits per heavy atom. The highest BCUT2D eigenvalue weighted by atomic mass is 32.1. The highest BCUT2D eigenvalue weighted by molar-refractivity contribution is 7.16. The topological polar surface area (TPSA) is 43.3 Å². The summed E-state index contributed by atoms with van der Waals surface area (Å²) in [4.78, 5) is 5.59. The number of rotatable bonds is 2. The Morgan fingerprint density at radius 3 is 2.71 bits per heavy atom. The van der Waals surface area contributed by atoms with Crippen molar-refractivity contribution in [3.8, 4) is 22.4 Å². The molecule has 1 aromatic carbocycles. The van der Waals surface area contributed by atoms with Crippen molar-refractivity contribution < 1.29 is 4.42 Å². The first kappa shape index (κ1) is 12.3. The van der Waals surface area contributed by atoms with Crippen LogP contribution in [0.25, 0.3) is 27.3 Å². The zero-order chi connectivity index (χ0) is 14.4. The SMILES string of the molecule is Cc1nn2cc(-c3c(-c4ccccc4)coc3C)nc2s1. The molecule has 0 aliphatic rings. The van der Waals surface area contributed by atoms with Crippen LogP contribution in [-0.4, -0.2) is 14.6 Å². The van der Waals surface area contributed by atoms with Crippen molar-refractivity contribution in [2.45, 2.75) is 13.8 Å². The van der Waals surface area contributed by atoms with Gasteiger partial charge in [-0.2, -0.15) is 5.10 Å². The summed E-state index contributed by atoms with van der Waals surface area (Å²) in [6.07, 6.45) is 3.76. The number of hydrogen-bond donors (Lipinski definition) is 0. The zero-order valence-corrected chi connectivity index (χ0v) is 12.5. The smallest absolute Gasteiger partial charge is 0.212 e. The summed E-state index contributed by atoms with van der Waals surface area (Å²) in [6, 6.07) is 10.2. The van der Waals surface area contributed by atoms with Crippen LogP contribution in [0, 0.1) is 13.8 Å². The summed E-state index contributed by atoms with van der Waals surface area (Å²) in [5.41, 5.74) is 4.14. The molecule has 0 fully saturated rings. The van der Waals surface area contributed by atoms with Gasteiger partial charge >= 0.3 is 0 Å². The molecule has 0 aliphatic heterocycles. The van der Waals surface area contributed by atoms with Gasteiger partial charge in [-0.3, -0.25) is 0 Å². The van der Waals surface area contributed by atoms with Gasteiger partial charge in [-0.1, -0.05) is 41.7 Å². The molecule has 0 saturated carbocycles. The van der Waals surface area contributed by atoms with E-state index in [0.717, 1.165) is 38.1 Å². The molecule has 0 saturated heterocycles. The average Bonchev–Trinajstić information content (AvgIpc) is 3.12. The predicted octanol–water partition coefficient (Wildman–Crippen LogP) is 4.33. The Bertz CT molecular complexity index is 886. The van der Waals surface area contributed by atoms with Crippen molar-refractivity contribution in [1.82, 2.24) is 14.6 Å². The van der Waals surface area contributed by atoms with Crippen molar-refractivity contribution in [1.29, 1.82) is 0 Å². The zero-order valence-electron chi connectivity index (χ0n) is 11.7. The number of furan rings is 1. The van der Waals surface area contributed by atoms with Crippen molar-refractivity contribution in [3.63, 3.8) is 0 Å². The minimum Gasteiger partial charge on any atom is -0.468 e. The molecule has 0 amide bonds. The highest BCUT2D eigenvalue weighted by Gasteiger charge is 2.18. The molecule has 4 nitrogen and oxygen atoms in total. The Kier molecular flexibility index (Phi) is 2.68. The molecule has 0 bridgehead atoms. The van der Waals surface area contributed by atoms with E-state index in [1.54, 1.807) is 17.6 Å². The van der Waals surface area contributed by atoms with Gasteiger partial charge in [-0.05, 0) is 19.4 Å². The van der Waals surface area contributed by atoms with E-state index in [4.69, 9.17) is 4.42 Å². The van der Waals surface area contributed by atoms with Crippen molar-refractivity contribution in [2.75, 3.05) is 0 Å². The second-order valence-electron chi connectivity index (χ2n) is 4.92. The maximum Gasteiger partial charge on any atom is 0.212 e. The van der Waals surface area contributed by atoms with Crippen LogP contribution in [0.5, 0.6) is 0 Å². The molecule has 0 aliphatic carbocycles. The van der Waals surface area contributed by atoms with Gasteiger partial charge in [0.05, 0.1) is 23.7 Å². The van der Waals surface area contributed by atoms with E-state index in [9.17, 15) is 0 Å². The van der Waals surface area contributed by atoms with Crippen LogP contribution in [0.4, 0.5) is 0 Å². The lowest BCUT2D eigenvalue weighted by molar-refractivity contribution is 0.536. The first-order valence-electron chi connectivity index (χ1n) is 6.69. The number of fused-ring (bicyclic) bond motifs is 1. The molecule has 5 heteroatoms. The van der Waals surface area contributed by atoms with Gasteiger partial charge in [0, 0.05) is 5.56 Å². The summed E-state index contributed by atoms with van der Waals surface area (Å²) >= 11 is 1.59. The fraction of sp³-hybridized carbons (Fsp3) is 0.125. The number of aryl methyl sites for hydroxylation is 2. The van der Waals surface area contributed by atoms with Gasteiger partial charge in [0.25, 0.3) is 0 Å². The molecule has 21 heavy (non-hydrogen) atoms. The standard InChI is InChI=1S/C16H13N3OS/c1-10-15(13(9-20-10)12-6-4-3-5-7-12)14-8-19-16(17-14)21-11(2)18-19/h3-9H,1-2H3. The van der Waals surface area contributed by atoms with Crippen LogP contribution < -0.4 is 0 Å². The van der Waals surface area contributed by atoms with Crippen LogP contribution >= 0.6 is 11.3 Å². The largest absolute Gasteiger partial charge is 0.468 e. The van der Waals surface area contributed by atoms with E-state index in [0.29, 0.717) is 0 Å². The maximum absolute atomic E-state index is 5.63. The van der Waals surface area contributed by atoms with E-state index in [2.05, 4.69) is 22.2 Å². The lowest BCUT2D eigenvalue weighted by Crippen LogP contribution is -1.83. The van der Waals surface area contributed by atoms with E-state index < -0.39 is 0 Å². The average molecular weight is 295 g/mol. The first-order valence-corrected chi connectivity index (χ1v) is 7.51. The number of benzene rings is 1. The molecular formula is C16H13N3OS. The van der Waals surface area contributed by atoms with Gasteiger partial charge in [-0.25, -0.2) is 9.50 Å². The Morgan fingerprint density at radius 2 is 1.95 bits per heavy atom. The van der Waals surface area contributed by atoms with E-state index in [1.807, 2.05) is 42.8 Å². The van der Waals surface area contributed by atoms with Crippen LogP contribution in [0.2, 0.25) is 0 Å². The Hall–Kier alpha value is -2.40. The van der Waals surface area contributed by atoms with Crippen molar-refractivity contribution >= 4 is 16.3 Å². The predicted molar refractivity (Wildman–Crippen MR) is 83.5 cm³/mol. The minimum atomic E-state index is 0.872. The van der Waals surface area contributed by atoms with Gasteiger partial charge in [-0.15, -0.1) is 0 Å². The second kappa shape index (κ2) is 4.56. The van der Waals surface area contributed by atoms with Crippen LogP contribution in [0.3, 0.4) is 0 Å². The second-order valence-corrected chi connectivity index (χ2v) is 6.08. The molecule has 4 rings (SSSR count). The van der Waals surface area contributed by atoms with Crippen LogP contribution in [0.1, 0.15) is 10.8 Å². The fourth-order valence-corrected chi connectivity index (χ4v) is 3.25. The van der Waals surface area contributed by atoms with E-state index >= 15 is 0 Å². The molecule has 104 valence electrons. The minimum absolute atomic E-state index is 0.872. The maximum atomic E-state index is 5.63. The molecule has 0 atom stereocenters. The molecule has 0 radical (unpaired) electrons.